The molecule has 0 aliphatic heterocycles. The van der Waals surface area contributed by atoms with Crippen molar-refractivity contribution in [3.8, 4) is 0 Å². The third-order valence-electron chi connectivity index (χ3n) is 2.96. The Morgan fingerprint density at radius 1 is 1.00 bits per heavy atom. The predicted molar refractivity (Wildman–Crippen MR) is 84.8 cm³/mol. The van der Waals surface area contributed by atoms with Crippen molar-refractivity contribution in [1.82, 2.24) is 0 Å². The zero-order chi connectivity index (χ0) is 17.5. The Morgan fingerprint density at radius 3 is 2.29 bits per heavy atom. The molecule has 1 heterocycles. The number of nitrogens with one attached hydrogen (secondary N) is 1. The fraction of sp³-hybridized carbons (Fsp3) is 0.235. The first-order chi connectivity index (χ1) is 11.5. The van der Waals surface area contributed by atoms with Crippen molar-refractivity contribution in [3.63, 3.8) is 0 Å². The molecule has 2 rings (SSSR count). The number of ether oxygens (including phenoxy) is 2. The van der Waals surface area contributed by atoms with Crippen molar-refractivity contribution < 1.29 is 28.3 Å². The van der Waals surface area contributed by atoms with Crippen LogP contribution in [-0.4, -0.2) is 31.1 Å². The molecule has 1 N–H and O–H groups in total. The van der Waals surface area contributed by atoms with E-state index in [0.29, 0.717) is 17.0 Å². The third-order valence-corrected chi connectivity index (χ3v) is 2.96. The van der Waals surface area contributed by atoms with Crippen LogP contribution in [0.3, 0.4) is 0 Å². The Labute approximate surface area is 138 Å². The lowest BCUT2D eigenvalue weighted by atomic mass is 10.2. The minimum atomic E-state index is -0.712. The number of furan rings is 1. The van der Waals surface area contributed by atoms with Gasteiger partial charge in [-0.05, 0) is 50.2 Å². The Kier molecular flexibility index (Phi) is 5.73. The minimum absolute atomic E-state index is 0.0408. The molecule has 0 radical (unpaired) electrons. The SMILES string of the molecule is CCOC(=O)c1ccc(NC(=O)COC(=O)c2ccc(C)o2)cc1. The highest BCUT2D eigenvalue weighted by atomic mass is 16.5. The van der Waals surface area contributed by atoms with E-state index >= 15 is 0 Å². The van der Waals surface area contributed by atoms with E-state index in [9.17, 15) is 14.4 Å². The first-order valence-corrected chi connectivity index (χ1v) is 7.30. The number of hydrogen-bond donors (Lipinski definition) is 1. The molecular weight excluding hydrogens is 314 g/mol. The zero-order valence-corrected chi connectivity index (χ0v) is 13.3. The number of rotatable bonds is 6. The van der Waals surface area contributed by atoms with Gasteiger partial charge in [0.1, 0.15) is 5.76 Å². The smallest absolute Gasteiger partial charge is 0.374 e. The van der Waals surface area contributed by atoms with Gasteiger partial charge in [0.05, 0.1) is 12.2 Å². The summed E-state index contributed by atoms with van der Waals surface area (Å²) in [7, 11) is 0. The molecule has 0 aliphatic rings. The molecular formula is C17H17NO6. The van der Waals surface area contributed by atoms with Crippen LogP contribution >= 0.6 is 0 Å². The Morgan fingerprint density at radius 2 is 1.71 bits per heavy atom. The van der Waals surface area contributed by atoms with Crippen molar-refractivity contribution in [3.05, 3.63) is 53.5 Å². The van der Waals surface area contributed by atoms with Crippen LogP contribution in [0.25, 0.3) is 0 Å². The van der Waals surface area contributed by atoms with E-state index in [1.54, 1.807) is 32.0 Å². The van der Waals surface area contributed by atoms with Crippen molar-refractivity contribution in [2.75, 3.05) is 18.5 Å². The summed E-state index contributed by atoms with van der Waals surface area (Å²) in [4.78, 5) is 34.9. The molecule has 0 aliphatic carbocycles. The van der Waals surface area contributed by atoms with Gasteiger partial charge in [-0.1, -0.05) is 0 Å². The number of hydrogen-bond acceptors (Lipinski definition) is 6. The van der Waals surface area contributed by atoms with Crippen LogP contribution in [0.4, 0.5) is 5.69 Å². The van der Waals surface area contributed by atoms with Crippen LogP contribution in [0.2, 0.25) is 0 Å². The van der Waals surface area contributed by atoms with Crippen molar-refractivity contribution >= 4 is 23.5 Å². The van der Waals surface area contributed by atoms with Crippen LogP contribution in [-0.2, 0) is 14.3 Å². The molecule has 0 bridgehead atoms. The minimum Gasteiger partial charge on any atom is -0.462 e. The van der Waals surface area contributed by atoms with Gasteiger partial charge in [0.25, 0.3) is 5.91 Å². The quantitative estimate of drug-likeness (QED) is 0.818. The van der Waals surface area contributed by atoms with E-state index in [1.807, 2.05) is 0 Å². The van der Waals surface area contributed by atoms with E-state index in [-0.39, 0.29) is 12.4 Å². The Bertz CT molecular complexity index is 732. The molecule has 0 saturated carbocycles. The molecule has 0 spiro atoms. The molecule has 1 aromatic heterocycles. The van der Waals surface area contributed by atoms with Gasteiger partial charge in [-0.25, -0.2) is 9.59 Å². The summed E-state index contributed by atoms with van der Waals surface area (Å²) in [5.41, 5.74) is 0.854. The highest BCUT2D eigenvalue weighted by Crippen LogP contribution is 2.11. The normalized spacial score (nSPS) is 10.1. The average Bonchev–Trinajstić information content (AvgIpc) is 3.00. The van der Waals surface area contributed by atoms with Crippen LogP contribution < -0.4 is 5.32 Å². The lowest BCUT2D eigenvalue weighted by Crippen LogP contribution is -2.20. The summed E-state index contributed by atoms with van der Waals surface area (Å²) < 4.78 is 14.8. The highest BCUT2D eigenvalue weighted by molar-refractivity contribution is 5.95. The Hall–Kier alpha value is -3.09. The van der Waals surface area contributed by atoms with Gasteiger partial charge in [-0.15, -0.1) is 0 Å². The second-order valence-electron chi connectivity index (χ2n) is 4.83. The maximum atomic E-state index is 11.8. The van der Waals surface area contributed by atoms with E-state index in [1.165, 1.54) is 18.2 Å². The largest absolute Gasteiger partial charge is 0.462 e. The average molecular weight is 331 g/mol. The van der Waals surface area contributed by atoms with E-state index in [4.69, 9.17) is 13.9 Å². The second kappa shape index (κ2) is 7.96. The van der Waals surface area contributed by atoms with Crippen LogP contribution in [0, 0.1) is 6.92 Å². The number of aryl methyl sites for hydroxylation is 1. The number of esters is 2. The highest BCUT2D eigenvalue weighted by Gasteiger charge is 2.14. The molecule has 1 aromatic carbocycles. The maximum absolute atomic E-state index is 11.8. The monoisotopic (exact) mass is 331 g/mol. The van der Waals surface area contributed by atoms with Crippen molar-refractivity contribution in [2.45, 2.75) is 13.8 Å². The number of carbonyl (C=O) groups is 3. The molecule has 7 nitrogen and oxygen atoms in total. The first kappa shape index (κ1) is 17.3. The molecule has 126 valence electrons. The summed E-state index contributed by atoms with van der Waals surface area (Å²) in [5, 5.41) is 2.55. The first-order valence-electron chi connectivity index (χ1n) is 7.30. The van der Waals surface area contributed by atoms with Gasteiger partial charge >= 0.3 is 11.9 Å². The molecule has 0 saturated heterocycles. The van der Waals surface area contributed by atoms with E-state index < -0.39 is 24.5 Å². The van der Waals surface area contributed by atoms with Gasteiger partial charge in [0, 0.05) is 5.69 Å². The molecule has 7 heteroatoms. The van der Waals surface area contributed by atoms with Crippen molar-refractivity contribution in [2.24, 2.45) is 0 Å². The summed E-state index contributed by atoms with van der Waals surface area (Å²) in [5.74, 6) is -1.03. The zero-order valence-electron chi connectivity index (χ0n) is 13.3. The predicted octanol–water partition coefficient (Wildman–Crippen LogP) is 2.56. The van der Waals surface area contributed by atoms with Crippen LogP contribution in [0.5, 0.6) is 0 Å². The maximum Gasteiger partial charge on any atom is 0.374 e. The van der Waals surface area contributed by atoms with Gasteiger partial charge in [0.2, 0.25) is 5.76 Å². The summed E-state index contributed by atoms with van der Waals surface area (Å²) in [6, 6.07) is 9.28. The van der Waals surface area contributed by atoms with Gasteiger partial charge < -0.3 is 19.2 Å². The number of carbonyl (C=O) groups excluding carboxylic acids is 3. The number of benzene rings is 1. The molecule has 0 unspecified atom stereocenters. The molecule has 1 amide bonds. The number of amides is 1. The summed E-state index contributed by atoms with van der Waals surface area (Å²) >= 11 is 0. The molecule has 24 heavy (non-hydrogen) atoms. The standard InChI is InChI=1S/C17H17NO6/c1-3-22-16(20)12-5-7-13(8-6-12)18-15(19)10-23-17(21)14-9-4-11(2)24-14/h4-9H,3,10H2,1-2H3,(H,18,19). The van der Waals surface area contributed by atoms with Gasteiger partial charge in [-0.3, -0.25) is 4.79 Å². The fourth-order valence-corrected chi connectivity index (χ4v) is 1.85. The van der Waals surface area contributed by atoms with Crippen LogP contribution in [0.1, 0.15) is 33.6 Å². The van der Waals surface area contributed by atoms with Crippen LogP contribution in [0.15, 0.2) is 40.8 Å². The second-order valence-corrected chi connectivity index (χ2v) is 4.83. The Balaban J connectivity index is 1.84. The molecule has 2 aromatic rings. The number of anilines is 1. The van der Waals surface area contributed by atoms with Gasteiger partial charge in [-0.2, -0.15) is 0 Å². The summed E-state index contributed by atoms with van der Waals surface area (Å²) in [6.07, 6.45) is 0. The lowest BCUT2D eigenvalue weighted by molar-refractivity contribution is -0.119. The van der Waals surface area contributed by atoms with Gasteiger partial charge in [0.15, 0.2) is 6.61 Å². The fourth-order valence-electron chi connectivity index (χ4n) is 1.85. The third kappa shape index (κ3) is 4.70. The molecule has 0 fully saturated rings. The van der Waals surface area contributed by atoms with Crippen molar-refractivity contribution in [1.29, 1.82) is 0 Å². The van der Waals surface area contributed by atoms with E-state index in [0.717, 1.165) is 0 Å². The molecule has 0 atom stereocenters. The van der Waals surface area contributed by atoms with E-state index in [2.05, 4.69) is 5.32 Å². The topological polar surface area (TPSA) is 94.8 Å². The lowest BCUT2D eigenvalue weighted by Gasteiger charge is -2.07. The summed E-state index contributed by atoms with van der Waals surface area (Å²) in [6.45, 7) is 3.26.